The number of anilines is 1. The smallest absolute Gasteiger partial charge is 0.267 e. The lowest BCUT2D eigenvalue weighted by molar-refractivity contribution is -0.123. The molecule has 1 aromatic carbocycles. The zero-order chi connectivity index (χ0) is 19.8. The van der Waals surface area contributed by atoms with Crippen molar-refractivity contribution in [2.24, 2.45) is 0 Å². The Bertz CT molecular complexity index is 1000. The molecule has 1 saturated heterocycles. The van der Waals surface area contributed by atoms with Crippen LogP contribution in [0.5, 0.6) is 0 Å². The lowest BCUT2D eigenvalue weighted by Gasteiger charge is -2.16. The molecule has 2 aliphatic rings. The summed E-state index contributed by atoms with van der Waals surface area (Å²) in [6, 6.07) is 9.30. The van der Waals surface area contributed by atoms with Crippen molar-refractivity contribution in [1.82, 2.24) is 4.90 Å². The number of benzene rings is 1. The third-order valence-electron chi connectivity index (χ3n) is 4.68. The fourth-order valence-electron chi connectivity index (χ4n) is 3.31. The molecular formula is C20H17BrN2O3S2. The second kappa shape index (κ2) is 7.85. The molecule has 2 aromatic rings. The van der Waals surface area contributed by atoms with Gasteiger partial charge in [-0.3, -0.25) is 14.5 Å². The Balaban J connectivity index is 1.76. The third kappa shape index (κ3) is 3.33. The fourth-order valence-corrected chi connectivity index (χ4v) is 4.99. The second-order valence-corrected chi connectivity index (χ2v) is 9.07. The molecule has 0 saturated carbocycles. The Hall–Kier alpha value is -1.90. The van der Waals surface area contributed by atoms with E-state index >= 15 is 0 Å². The number of amides is 2. The van der Waals surface area contributed by atoms with Crippen LogP contribution in [0.1, 0.15) is 31.1 Å². The highest BCUT2D eigenvalue weighted by atomic mass is 79.9. The van der Waals surface area contributed by atoms with E-state index in [0.29, 0.717) is 27.1 Å². The third-order valence-corrected chi connectivity index (χ3v) is 6.62. The first-order valence-corrected chi connectivity index (χ1v) is 10.9. The van der Waals surface area contributed by atoms with Gasteiger partial charge in [0.15, 0.2) is 0 Å². The first-order chi connectivity index (χ1) is 13.5. The molecule has 0 atom stereocenters. The number of carbonyl (C=O) groups excluding carboxylic acids is 2. The van der Waals surface area contributed by atoms with Gasteiger partial charge < -0.3 is 9.32 Å². The summed E-state index contributed by atoms with van der Waals surface area (Å²) < 4.78 is 6.64. The summed E-state index contributed by atoms with van der Waals surface area (Å²) in [4.78, 5) is 30.0. The molecule has 1 aromatic heterocycles. The second-order valence-electron chi connectivity index (χ2n) is 6.51. The molecule has 8 heteroatoms. The number of unbranched alkanes of at least 4 members (excludes halogenated alkanes) is 1. The Morgan fingerprint density at radius 2 is 2.00 bits per heavy atom. The van der Waals surface area contributed by atoms with E-state index in [4.69, 9.17) is 16.6 Å². The van der Waals surface area contributed by atoms with Crippen molar-refractivity contribution in [3.63, 3.8) is 0 Å². The summed E-state index contributed by atoms with van der Waals surface area (Å²) in [5.41, 5.74) is 2.05. The molecule has 0 N–H and O–H groups in total. The van der Waals surface area contributed by atoms with E-state index in [1.54, 1.807) is 23.3 Å². The Kier molecular flexibility index (Phi) is 5.44. The summed E-state index contributed by atoms with van der Waals surface area (Å²) in [7, 11) is 0. The van der Waals surface area contributed by atoms with E-state index in [2.05, 4.69) is 22.9 Å². The molecule has 0 unspecified atom stereocenters. The number of fused-ring (bicyclic) bond motifs is 1. The van der Waals surface area contributed by atoms with E-state index in [1.165, 1.54) is 16.7 Å². The van der Waals surface area contributed by atoms with E-state index in [1.807, 2.05) is 18.2 Å². The maximum Gasteiger partial charge on any atom is 0.267 e. The predicted octanol–water partition coefficient (Wildman–Crippen LogP) is 4.96. The first kappa shape index (κ1) is 19.4. The van der Waals surface area contributed by atoms with Gasteiger partial charge in [0.05, 0.1) is 29.0 Å². The summed E-state index contributed by atoms with van der Waals surface area (Å²) in [5, 5.41) is 0. The molecule has 2 amide bonds. The van der Waals surface area contributed by atoms with Crippen LogP contribution in [0.2, 0.25) is 0 Å². The molecule has 2 aliphatic heterocycles. The van der Waals surface area contributed by atoms with E-state index in [-0.39, 0.29) is 18.4 Å². The Morgan fingerprint density at radius 1 is 1.18 bits per heavy atom. The molecule has 144 valence electrons. The number of furan rings is 1. The number of thioether (sulfide) groups is 1. The van der Waals surface area contributed by atoms with Crippen LogP contribution in [0.4, 0.5) is 5.69 Å². The van der Waals surface area contributed by atoms with E-state index < -0.39 is 0 Å². The van der Waals surface area contributed by atoms with Crippen molar-refractivity contribution >= 4 is 67.3 Å². The topological polar surface area (TPSA) is 53.8 Å². The Labute approximate surface area is 180 Å². The Morgan fingerprint density at radius 3 is 2.71 bits per heavy atom. The average Bonchev–Trinajstić information content (AvgIpc) is 3.34. The van der Waals surface area contributed by atoms with Gasteiger partial charge in [0.1, 0.15) is 10.1 Å². The van der Waals surface area contributed by atoms with E-state index in [0.717, 1.165) is 28.6 Å². The largest absolute Gasteiger partial charge is 0.467 e. The van der Waals surface area contributed by atoms with Crippen molar-refractivity contribution in [2.45, 2.75) is 26.3 Å². The van der Waals surface area contributed by atoms with Gasteiger partial charge in [-0.15, -0.1) is 0 Å². The first-order valence-electron chi connectivity index (χ1n) is 8.93. The van der Waals surface area contributed by atoms with Crippen molar-refractivity contribution < 1.29 is 14.0 Å². The highest BCUT2D eigenvalue weighted by Crippen LogP contribution is 2.45. The van der Waals surface area contributed by atoms with Gasteiger partial charge in [-0.25, -0.2) is 0 Å². The SMILES string of the molecule is CCCCN1C(=O)/C(=C2\SC(=S)N(Cc3ccco3)C2=O)c2cc(Br)ccc21. The number of halogens is 1. The number of hydrogen-bond donors (Lipinski definition) is 0. The molecule has 5 nitrogen and oxygen atoms in total. The standard InChI is InChI=1S/C20H17BrN2O3S2/c1-2-3-8-22-15-7-6-12(21)10-14(15)16(18(22)24)17-19(25)23(20(27)28-17)11-13-5-4-9-26-13/h4-7,9-10H,2-3,8,11H2,1H3/b17-16-. The van der Waals surface area contributed by atoms with Crippen LogP contribution in [0.15, 0.2) is 50.4 Å². The monoisotopic (exact) mass is 476 g/mol. The normalized spacial score (nSPS) is 19.1. The summed E-state index contributed by atoms with van der Waals surface area (Å²) in [6.45, 7) is 2.97. The quantitative estimate of drug-likeness (QED) is 0.450. The van der Waals surface area contributed by atoms with Crippen LogP contribution in [0.25, 0.3) is 5.57 Å². The lowest BCUT2D eigenvalue weighted by Crippen LogP contribution is -2.29. The molecule has 0 bridgehead atoms. The minimum Gasteiger partial charge on any atom is -0.467 e. The van der Waals surface area contributed by atoms with Crippen LogP contribution in [-0.4, -0.2) is 27.6 Å². The predicted molar refractivity (Wildman–Crippen MR) is 118 cm³/mol. The van der Waals surface area contributed by atoms with Crippen LogP contribution in [-0.2, 0) is 16.1 Å². The van der Waals surface area contributed by atoms with Gasteiger partial charge in [-0.1, -0.05) is 53.3 Å². The lowest BCUT2D eigenvalue weighted by atomic mass is 10.1. The number of carbonyl (C=O) groups is 2. The van der Waals surface area contributed by atoms with Gasteiger partial charge in [0.25, 0.3) is 11.8 Å². The molecule has 3 heterocycles. The van der Waals surface area contributed by atoms with Crippen molar-refractivity contribution in [3.8, 4) is 0 Å². The van der Waals surface area contributed by atoms with Crippen LogP contribution < -0.4 is 4.90 Å². The summed E-state index contributed by atoms with van der Waals surface area (Å²) in [5.74, 6) is 0.256. The average molecular weight is 477 g/mol. The number of rotatable bonds is 5. The molecule has 28 heavy (non-hydrogen) atoms. The maximum atomic E-state index is 13.2. The maximum absolute atomic E-state index is 13.2. The van der Waals surface area contributed by atoms with Crippen LogP contribution in [0.3, 0.4) is 0 Å². The van der Waals surface area contributed by atoms with Gasteiger partial charge >= 0.3 is 0 Å². The fraction of sp³-hybridized carbons (Fsp3) is 0.250. The zero-order valence-corrected chi connectivity index (χ0v) is 18.3. The molecule has 0 aliphatic carbocycles. The number of hydrogen-bond acceptors (Lipinski definition) is 5. The van der Waals surface area contributed by atoms with Crippen molar-refractivity contribution in [2.75, 3.05) is 11.4 Å². The summed E-state index contributed by atoms with van der Waals surface area (Å²) >= 11 is 10.1. The van der Waals surface area contributed by atoms with Gasteiger partial charge in [0.2, 0.25) is 0 Å². The summed E-state index contributed by atoms with van der Waals surface area (Å²) in [6.07, 6.45) is 3.44. The van der Waals surface area contributed by atoms with Crippen LogP contribution in [0, 0.1) is 0 Å². The molecule has 0 spiro atoms. The molecular weight excluding hydrogens is 460 g/mol. The minimum absolute atomic E-state index is 0.139. The van der Waals surface area contributed by atoms with Gasteiger partial charge in [0, 0.05) is 16.6 Å². The minimum atomic E-state index is -0.252. The van der Waals surface area contributed by atoms with Gasteiger partial charge in [-0.2, -0.15) is 0 Å². The van der Waals surface area contributed by atoms with Crippen molar-refractivity contribution in [3.05, 3.63) is 57.3 Å². The number of nitrogens with zero attached hydrogens (tertiary/aromatic N) is 2. The molecule has 4 rings (SSSR count). The van der Waals surface area contributed by atoms with Gasteiger partial charge in [-0.05, 0) is 36.8 Å². The highest BCUT2D eigenvalue weighted by Gasteiger charge is 2.42. The van der Waals surface area contributed by atoms with Crippen molar-refractivity contribution in [1.29, 1.82) is 0 Å². The molecule has 0 radical (unpaired) electrons. The molecule has 1 fully saturated rings. The van der Waals surface area contributed by atoms with E-state index in [9.17, 15) is 9.59 Å². The number of thiocarbonyl (C=S) groups is 1. The highest BCUT2D eigenvalue weighted by molar-refractivity contribution is 9.10. The zero-order valence-electron chi connectivity index (χ0n) is 15.1. The van der Waals surface area contributed by atoms with Crippen LogP contribution >= 0.6 is 39.9 Å².